The van der Waals surface area contributed by atoms with E-state index >= 15 is 0 Å². The predicted octanol–water partition coefficient (Wildman–Crippen LogP) is 7.23. The molecule has 0 atom stereocenters. The molecule has 4 aromatic carbocycles. The van der Waals surface area contributed by atoms with Crippen LogP contribution in [0.3, 0.4) is 0 Å². The van der Waals surface area contributed by atoms with Gasteiger partial charge in [-0.1, -0.05) is 140 Å². The lowest BCUT2D eigenvalue weighted by molar-refractivity contribution is 0.111. The summed E-state index contributed by atoms with van der Waals surface area (Å²) in [6.45, 7) is 2.62. The molecule has 2 aromatic heterocycles. The van der Waals surface area contributed by atoms with Crippen LogP contribution in [0.1, 0.15) is 58.3 Å². The number of benzene rings is 4. The summed E-state index contributed by atoms with van der Waals surface area (Å²) in [5, 5.41) is 14.4. The molecule has 6 aromatic rings. The molecule has 0 bridgehead atoms. The fourth-order valence-corrected chi connectivity index (χ4v) is 5.84. The third-order valence-corrected chi connectivity index (χ3v) is 8.03. The summed E-state index contributed by atoms with van der Waals surface area (Å²) < 4.78 is 1.91. The van der Waals surface area contributed by atoms with Crippen LogP contribution in [-0.2, 0) is 18.5 Å². The van der Waals surface area contributed by atoms with E-state index in [1.807, 2.05) is 83.4 Å². The smallest absolute Gasteiger partial charge is 0.204 e. The van der Waals surface area contributed by atoms with Crippen molar-refractivity contribution in [2.45, 2.75) is 38.3 Å². The Morgan fingerprint density at radius 1 is 0.791 bits per heavy atom. The molecule has 43 heavy (non-hydrogen) atoms. The van der Waals surface area contributed by atoms with Crippen LogP contribution in [0.25, 0.3) is 11.4 Å². The zero-order valence-corrected chi connectivity index (χ0v) is 24.6. The number of hydrogen-bond donors (Lipinski definition) is 0. The molecule has 0 spiro atoms. The monoisotopic (exact) mass is 586 g/mol. The first-order valence-electron chi connectivity index (χ1n) is 14.4. The number of halogens is 1. The van der Waals surface area contributed by atoms with Crippen LogP contribution in [0.15, 0.2) is 115 Å². The summed E-state index contributed by atoms with van der Waals surface area (Å²) in [6.07, 6.45) is 3.55. The van der Waals surface area contributed by atoms with Gasteiger partial charge in [0.25, 0.3) is 0 Å². The normalized spacial score (nSPS) is 11.5. The van der Waals surface area contributed by atoms with Crippen molar-refractivity contribution < 1.29 is 4.79 Å². The number of carbonyl (C=O) groups is 1. The van der Waals surface area contributed by atoms with Crippen molar-refractivity contribution in [1.29, 1.82) is 0 Å². The molecule has 0 saturated heterocycles. The van der Waals surface area contributed by atoms with Crippen molar-refractivity contribution in [3.8, 4) is 11.4 Å². The number of imidazole rings is 1. The highest BCUT2D eigenvalue weighted by Crippen LogP contribution is 2.39. The van der Waals surface area contributed by atoms with Gasteiger partial charge >= 0.3 is 0 Å². The van der Waals surface area contributed by atoms with Crippen LogP contribution >= 0.6 is 11.6 Å². The Bertz CT molecular complexity index is 1700. The molecule has 0 fully saturated rings. The second-order valence-electron chi connectivity index (χ2n) is 10.4. The van der Waals surface area contributed by atoms with Crippen molar-refractivity contribution in [2.75, 3.05) is 0 Å². The second-order valence-corrected chi connectivity index (χ2v) is 10.8. The average Bonchev–Trinajstić information content (AvgIpc) is 3.67. The van der Waals surface area contributed by atoms with Crippen molar-refractivity contribution in [1.82, 2.24) is 29.8 Å². The maximum Gasteiger partial charge on any atom is 0.204 e. The van der Waals surface area contributed by atoms with E-state index in [2.05, 4.69) is 58.6 Å². The standard InChI is InChI=1S/C35H31ClN6O/c1-2-3-19-32-37-33(36)31(25-43)41(32)24-26-20-22-27(23-21-26)34-38-40-42(39-34)35(28-13-7-4-8-14-28,29-15-9-5-10-16-29)30-17-11-6-12-18-30/h4-18,20-23,25H,2-3,19,24H2,1H3. The fraction of sp³-hybridized carbons (Fsp3) is 0.171. The van der Waals surface area contributed by atoms with Crippen LogP contribution in [0.4, 0.5) is 0 Å². The highest BCUT2D eigenvalue weighted by Gasteiger charge is 2.41. The molecule has 0 unspecified atom stereocenters. The van der Waals surface area contributed by atoms with E-state index in [0.717, 1.165) is 59.2 Å². The summed E-state index contributed by atoms with van der Waals surface area (Å²) in [5.74, 6) is 1.34. The van der Waals surface area contributed by atoms with Gasteiger partial charge in [0.2, 0.25) is 5.82 Å². The molecule has 6 rings (SSSR count). The third-order valence-electron chi connectivity index (χ3n) is 7.75. The van der Waals surface area contributed by atoms with Gasteiger partial charge in [0, 0.05) is 18.5 Å². The molecule has 0 aliphatic heterocycles. The van der Waals surface area contributed by atoms with E-state index in [0.29, 0.717) is 18.1 Å². The molecule has 0 aliphatic carbocycles. The Morgan fingerprint density at radius 3 is 1.86 bits per heavy atom. The van der Waals surface area contributed by atoms with Crippen LogP contribution in [-0.4, -0.2) is 36.0 Å². The topological polar surface area (TPSA) is 78.5 Å². The van der Waals surface area contributed by atoms with Crippen LogP contribution in [0.5, 0.6) is 0 Å². The number of aryl methyl sites for hydroxylation is 1. The first-order valence-corrected chi connectivity index (χ1v) is 14.8. The molecule has 0 N–H and O–H groups in total. The maximum atomic E-state index is 11.8. The molecule has 0 radical (unpaired) electrons. The summed E-state index contributed by atoms with van der Waals surface area (Å²) >= 11 is 6.28. The number of aldehydes is 1. The molecule has 214 valence electrons. The third kappa shape index (κ3) is 5.40. The van der Waals surface area contributed by atoms with E-state index in [1.54, 1.807) is 4.80 Å². The summed E-state index contributed by atoms with van der Waals surface area (Å²) in [5.41, 5.74) is 4.49. The van der Waals surface area contributed by atoms with Crippen LogP contribution < -0.4 is 0 Å². The predicted molar refractivity (Wildman–Crippen MR) is 168 cm³/mol. The van der Waals surface area contributed by atoms with Crippen molar-refractivity contribution >= 4 is 17.9 Å². The molecule has 2 heterocycles. The van der Waals surface area contributed by atoms with E-state index in [-0.39, 0.29) is 5.15 Å². The van der Waals surface area contributed by atoms with Crippen molar-refractivity contribution in [3.63, 3.8) is 0 Å². The number of aromatic nitrogens is 6. The van der Waals surface area contributed by atoms with Crippen molar-refractivity contribution in [2.24, 2.45) is 0 Å². The van der Waals surface area contributed by atoms with Gasteiger partial charge in [0.05, 0.1) is 0 Å². The second kappa shape index (κ2) is 12.5. The van der Waals surface area contributed by atoms with Gasteiger partial charge < -0.3 is 4.57 Å². The molecule has 0 amide bonds. The maximum absolute atomic E-state index is 11.8. The molecular formula is C35H31ClN6O. The average molecular weight is 587 g/mol. The Morgan fingerprint density at radius 2 is 1.35 bits per heavy atom. The molecule has 7 nitrogen and oxygen atoms in total. The zero-order chi connectivity index (χ0) is 29.6. The van der Waals surface area contributed by atoms with Gasteiger partial charge in [0.1, 0.15) is 11.5 Å². The molecule has 0 saturated carbocycles. The lowest BCUT2D eigenvalue weighted by Crippen LogP contribution is -2.39. The fourth-order valence-electron chi connectivity index (χ4n) is 5.59. The lowest BCUT2D eigenvalue weighted by atomic mass is 9.77. The quantitative estimate of drug-likeness (QED) is 0.118. The Hall–Kier alpha value is -4.88. The Labute approximate surface area is 255 Å². The zero-order valence-electron chi connectivity index (χ0n) is 23.8. The number of carbonyl (C=O) groups excluding carboxylic acids is 1. The van der Waals surface area contributed by atoms with Gasteiger partial charge in [-0.25, -0.2) is 4.98 Å². The van der Waals surface area contributed by atoms with Gasteiger partial charge in [-0.2, -0.15) is 0 Å². The van der Waals surface area contributed by atoms with E-state index < -0.39 is 5.54 Å². The van der Waals surface area contributed by atoms with Crippen LogP contribution in [0, 0.1) is 0 Å². The lowest BCUT2D eigenvalue weighted by Gasteiger charge is -2.34. The van der Waals surface area contributed by atoms with Gasteiger partial charge in [0.15, 0.2) is 17.0 Å². The highest BCUT2D eigenvalue weighted by atomic mass is 35.5. The summed E-state index contributed by atoms with van der Waals surface area (Å²) in [4.78, 5) is 18.0. The minimum atomic E-state index is -0.838. The van der Waals surface area contributed by atoms with Crippen LogP contribution in [0.2, 0.25) is 5.15 Å². The number of rotatable bonds is 11. The largest absolute Gasteiger partial charge is 0.320 e. The number of unbranched alkanes of at least 4 members (excludes halogenated alkanes) is 1. The van der Waals surface area contributed by atoms with Gasteiger partial charge in [-0.05, 0) is 33.9 Å². The molecule has 0 aliphatic rings. The first-order chi connectivity index (χ1) is 21.1. The van der Waals surface area contributed by atoms with Gasteiger partial charge in [-0.15, -0.1) is 15.0 Å². The summed E-state index contributed by atoms with van der Waals surface area (Å²) in [7, 11) is 0. The number of hydrogen-bond acceptors (Lipinski definition) is 5. The summed E-state index contributed by atoms with van der Waals surface area (Å²) in [6, 6.07) is 38.8. The Kier molecular flexibility index (Phi) is 8.24. The highest BCUT2D eigenvalue weighted by molar-refractivity contribution is 6.31. The van der Waals surface area contributed by atoms with E-state index in [1.165, 1.54) is 0 Å². The van der Waals surface area contributed by atoms with Gasteiger partial charge in [-0.3, -0.25) is 4.79 Å². The Balaban J connectivity index is 1.39. The molecular weight excluding hydrogens is 556 g/mol. The van der Waals surface area contributed by atoms with E-state index in [9.17, 15) is 4.79 Å². The SMILES string of the molecule is CCCCc1nc(Cl)c(C=O)n1Cc1ccc(-c2nnn(C(c3ccccc3)(c3ccccc3)c3ccccc3)n2)cc1. The van der Waals surface area contributed by atoms with E-state index in [4.69, 9.17) is 16.7 Å². The molecule has 8 heteroatoms. The number of tetrazole rings is 1. The minimum absolute atomic E-state index is 0.247. The number of nitrogens with zero attached hydrogens (tertiary/aromatic N) is 6. The minimum Gasteiger partial charge on any atom is -0.320 e. The van der Waals surface area contributed by atoms with Crippen molar-refractivity contribution in [3.05, 3.63) is 154 Å². The first kappa shape index (κ1) is 28.2.